The third-order valence-electron chi connectivity index (χ3n) is 4.72. The SMILES string of the molecule is COc1ccc(-c2cc(C(=O)N/N=C\c3ccc(OCc4ccccc4)cc3)[nH]n2)cc1. The zero-order valence-electron chi connectivity index (χ0n) is 17.5. The number of H-pyrrole nitrogens is 1. The van der Waals surface area contributed by atoms with E-state index in [0.717, 1.165) is 28.2 Å². The van der Waals surface area contributed by atoms with Crippen molar-refractivity contribution in [2.24, 2.45) is 5.10 Å². The third-order valence-corrected chi connectivity index (χ3v) is 4.72. The van der Waals surface area contributed by atoms with Crippen LogP contribution in [0, 0.1) is 0 Å². The Balaban J connectivity index is 1.30. The number of aromatic nitrogens is 2. The van der Waals surface area contributed by atoms with Crippen molar-refractivity contribution in [1.29, 1.82) is 0 Å². The fraction of sp³-hybridized carbons (Fsp3) is 0.0800. The molecule has 0 unspecified atom stereocenters. The molecule has 0 aliphatic heterocycles. The average molecular weight is 426 g/mol. The first-order chi connectivity index (χ1) is 15.7. The Kier molecular flexibility index (Phi) is 6.57. The van der Waals surface area contributed by atoms with E-state index in [9.17, 15) is 4.79 Å². The minimum Gasteiger partial charge on any atom is -0.497 e. The van der Waals surface area contributed by atoms with Gasteiger partial charge in [0.2, 0.25) is 0 Å². The lowest BCUT2D eigenvalue weighted by atomic mass is 10.1. The largest absolute Gasteiger partial charge is 0.497 e. The number of methoxy groups -OCH3 is 1. The van der Waals surface area contributed by atoms with Crippen LogP contribution in [-0.2, 0) is 6.61 Å². The van der Waals surface area contributed by atoms with Gasteiger partial charge in [-0.2, -0.15) is 10.2 Å². The molecule has 160 valence electrons. The number of nitrogens with one attached hydrogen (secondary N) is 2. The molecule has 4 aromatic rings. The van der Waals surface area contributed by atoms with Crippen LogP contribution in [0.4, 0.5) is 0 Å². The van der Waals surface area contributed by atoms with Crippen molar-refractivity contribution in [2.45, 2.75) is 6.61 Å². The summed E-state index contributed by atoms with van der Waals surface area (Å²) >= 11 is 0. The van der Waals surface area contributed by atoms with Gasteiger partial charge in [-0.05, 0) is 65.7 Å². The number of hydrazone groups is 1. The van der Waals surface area contributed by atoms with E-state index < -0.39 is 0 Å². The summed E-state index contributed by atoms with van der Waals surface area (Å²) < 4.78 is 10.9. The topological polar surface area (TPSA) is 88.6 Å². The summed E-state index contributed by atoms with van der Waals surface area (Å²) in [5, 5.41) is 10.9. The molecule has 3 aromatic carbocycles. The van der Waals surface area contributed by atoms with Gasteiger partial charge in [-0.25, -0.2) is 5.43 Å². The van der Waals surface area contributed by atoms with E-state index in [0.29, 0.717) is 18.0 Å². The van der Waals surface area contributed by atoms with E-state index >= 15 is 0 Å². The van der Waals surface area contributed by atoms with E-state index in [-0.39, 0.29) is 5.91 Å². The van der Waals surface area contributed by atoms with E-state index in [1.54, 1.807) is 19.4 Å². The maximum Gasteiger partial charge on any atom is 0.289 e. The highest BCUT2D eigenvalue weighted by molar-refractivity contribution is 5.94. The zero-order chi connectivity index (χ0) is 22.2. The van der Waals surface area contributed by atoms with Gasteiger partial charge in [-0.15, -0.1) is 0 Å². The van der Waals surface area contributed by atoms with Crippen molar-refractivity contribution in [3.05, 3.63) is 102 Å². The predicted molar refractivity (Wildman–Crippen MR) is 123 cm³/mol. The molecule has 0 fully saturated rings. The fourth-order valence-electron chi connectivity index (χ4n) is 2.96. The van der Waals surface area contributed by atoms with Gasteiger partial charge in [0.05, 0.1) is 19.0 Å². The second-order valence-corrected chi connectivity index (χ2v) is 6.94. The molecule has 0 atom stereocenters. The summed E-state index contributed by atoms with van der Waals surface area (Å²) in [6, 6.07) is 26.5. The Bertz CT molecular complexity index is 1180. The van der Waals surface area contributed by atoms with Gasteiger partial charge in [0.1, 0.15) is 23.8 Å². The quantitative estimate of drug-likeness (QED) is 0.322. The summed E-state index contributed by atoms with van der Waals surface area (Å²) in [5.41, 5.74) is 6.29. The Morgan fingerprint density at radius 1 is 1.00 bits per heavy atom. The average Bonchev–Trinajstić information content (AvgIpc) is 3.35. The maximum atomic E-state index is 12.3. The summed E-state index contributed by atoms with van der Waals surface area (Å²) in [5.74, 6) is 1.14. The van der Waals surface area contributed by atoms with E-state index in [1.807, 2.05) is 78.9 Å². The van der Waals surface area contributed by atoms with Gasteiger partial charge in [0.15, 0.2) is 0 Å². The van der Waals surface area contributed by atoms with Crippen LogP contribution in [0.5, 0.6) is 11.5 Å². The molecule has 7 nitrogen and oxygen atoms in total. The van der Waals surface area contributed by atoms with Crippen molar-refractivity contribution >= 4 is 12.1 Å². The molecule has 0 aliphatic carbocycles. The maximum absolute atomic E-state index is 12.3. The highest BCUT2D eigenvalue weighted by Gasteiger charge is 2.10. The van der Waals surface area contributed by atoms with Gasteiger partial charge in [-0.1, -0.05) is 30.3 Å². The van der Waals surface area contributed by atoms with Crippen LogP contribution < -0.4 is 14.9 Å². The van der Waals surface area contributed by atoms with Crippen molar-refractivity contribution in [3.63, 3.8) is 0 Å². The molecule has 1 heterocycles. The van der Waals surface area contributed by atoms with Crippen LogP contribution in [0.3, 0.4) is 0 Å². The minimum atomic E-state index is -0.378. The first-order valence-corrected chi connectivity index (χ1v) is 10.0. The third kappa shape index (κ3) is 5.40. The second kappa shape index (κ2) is 10.1. The lowest BCUT2D eigenvalue weighted by Gasteiger charge is -2.06. The summed E-state index contributed by atoms with van der Waals surface area (Å²) in [6.07, 6.45) is 1.57. The van der Waals surface area contributed by atoms with Gasteiger partial charge < -0.3 is 9.47 Å². The van der Waals surface area contributed by atoms with Crippen LogP contribution in [0.25, 0.3) is 11.3 Å². The van der Waals surface area contributed by atoms with Crippen molar-refractivity contribution in [3.8, 4) is 22.8 Å². The fourth-order valence-corrected chi connectivity index (χ4v) is 2.96. The molecule has 0 saturated heterocycles. The molecule has 7 heteroatoms. The second-order valence-electron chi connectivity index (χ2n) is 6.94. The molecule has 4 rings (SSSR count). The van der Waals surface area contributed by atoms with Crippen LogP contribution in [-0.4, -0.2) is 29.4 Å². The molecule has 0 saturated carbocycles. The number of ether oxygens (including phenoxy) is 2. The lowest BCUT2D eigenvalue weighted by molar-refractivity contribution is 0.0950. The number of nitrogens with zero attached hydrogens (tertiary/aromatic N) is 2. The number of rotatable bonds is 8. The molecule has 1 amide bonds. The smallest absolute Gasteiger partial charge is 0.289 e. The number of benzene rings is 3. The van der Waals surface area contributed by atoms with Crippen molar-refractivity contribution in [2.75, 3.05) is 7.11 Å². The number of amides is 1. The van der Waals surface area contributed by atoms with E-state index in [4.69, 9.17) is 9.47 Å². The normalized spacial score (nSPS) is 10.8. The summed E-state index contributed by atoms with van der Waals surface area (Å²) in [6.45, 7) is 0.507. The number of hydrogen-bond donors (Lipinski definition) is 2. The van der Waals surface area contributed by atoms with Crippen LogP contribution in [0.15, 0.2) is 90.0 Å². The molecule has 0 aliphatic rings. The Hall–Kier alpha value is -4.39. The molecule has 1 aromatic heterocycles. The first-order valence-electron chi connectivity index (χ1n) is 10.0. The van der Waals surface area contributed by atoms with Gasteiger partial charge >= 0.3 is 0 Å². The predicted octanol–water partition coefficient (Wildman–Crippen LogP) is 4.43. The monoisotopic (exact) mass is 426 g/mol. The highest BCUT2D eigenvalue weighted by atomic mass is 16.5. The van der Waals surface area contributed by atoms with E-state index in [1.165, 1.54) is 0 Å². The number of carbonyl (C=O) groups is 1. The highest BCUT2D eigenvalue weighted by Crippen LogP contribution is 2.21. The Labute approximate surface area is 185 Å². The van der Waals surface area contributed by atoms with Crippen LogP contribution in [0.1, 0.15) is 21.6 Å². The standard InChI is InChI=1S/C25H22N4O3/c1-31-21-13-9-20(10-14-21)23-15-24(28-27-23)25(30)29-26-16-18-7-11-22(12-8-18)32-17-19-5-3-2-4-6-19/h2-16H,17H2,1H3,(H,27,28)(H,29,30)/b26-16-. The molecular formula is C25H22N4O3. The van der Waals surface area contributed by atoms with Crippen LogP contribution >= 0.6 is 0 Å². The van der Waals surface area contributed by atoms with Crippen LogP contribution in [0.2, 0.25) is 0 Å². The van der Waals surface area contributed by atoms with E-state index in [2.05, 4.69) is 20.7 Å². The Morgan fingerprint density at radius 3 is 2.44 bits per heavy atom. The molecule has 32 heavy (non-hydrogen) atoms. The van der Waals surface area contributed by atoms with Crippen molar-refractivity contribution in [1.82, 2.24) is 15.6 Å². The summed E-state index contributed by atoms with van der Waals surface area (Å²) in [4.78, 5) is 12.3. The molecule has 0 bridgehead atoms. The lowest BCUT2D eigenvalue weighted by Crippen LogP contribution is -2.17. The Morgan fingerprint density at radius 2 is 1.72 bits per heavy atom. The van der Waals surface area contributed by atoms with Gasteiger partial charge in [0, 0.05) is 5.56 Å². The molecule has 0 spiro atoms. The zero-order valence-corrected chi connectivity index (χ0v) is 17.5. The molecule has 2 N–H and O–H groups in total. The van der Waals surface area contributed by atoms with Crippen molar-refractivity contribution < 1.29 is 14.3 Å². The molecule has 0 radical (unpaired) electrons. The number of hydrogen-bond acceptors (Lipinski definition) is 5. The minimum absolute atomic E-state index is 0.317. The van der Waals surface area contributed by atoms with Gasteiger partial charge in [0.25, 0.3) is 5.91 Å². The number of aromatic amines is 1. The van der Waals surface area contributed by atoms with Gasteiger partial charge in [-0.3, -0.25) is 9.89 Å². The number of carbonyl (C=O) groups excluding carboxylic acids is 1. The first kappa shape index (κ1) is 20.9. The molecular weight excluding hydrogens is 404 g/mol. The summed E-state index contributed by atoms with van der Waals surface area (Å²) in [7, 11) is 1.61.